The first kappa shape index (κ1) is 45.5. The van der Waals surface area contributed by atoms with E-state index in [0.29, 0.717) is 165 Å². The molecule has 13 heteroatoms. The smallest absolute Gasteiger partial charge is 0.0701 e. The highest BCUT2D eigenvalue weighted by Gasteiger charge is 1.97. The molecule has 0 heterocycles. The van der Waals surface area contributed by atoms with Crippen LogP contribution in [0.15, 0.2) is 0 Å². The summed E-state index contributed by atoms with van der Waals surface area (Å²) in [5.41, 5.74) is 0. The number of hydrogen-bond acceptors (Lipinski definition) is 13. The molecule has 0 N–H and O–H groups in total. The third-order valence-corrected chi connectivity index (χ3v) is 6.06. The van der Waals surface area contributed by atoms with Gasteiger partial charge in [-0.05, 0) is 13.3 Å². The lowest BCUT2D eigenvalue weighted by Crippen LogP contribution is -2.15. The van der Waals surface area contributed by atoms with Crippen molar-refractivity contribution in [3.05, 3.63) is 0 Å². The lowest BCUT2D eigenvalue weighted by atomic mass is 10.2. The molecule has 0 atom stereocenters. The Kier molecular flexibility index (Phi) is 44.0. The topological polar surface area (TPSA) is 120 Å². The molecule has 0 saturated carbocycles. The first-order valence-electron chi connectivity index (χ1n) is 17.4. The van der Waals surface area contributed by atoms with E-state index in [1.165, 1.54) is 25.7 Å². The number of hydrogen-bond donors (Lipinski definition) is 0. The maximum atomic E-state index is 5.56. The van der Waals surface area contributed by atoms with Crippen LogP contribution in [0, 0.1) is 0 Å². The third kappa shape index (κ3) is 43.5. The maximum Gasteiger partial charge on any atom is 0.0701 e. The van der Waals surface area contributed by atoms with Crippen molar-refractivity contribution in [3.63, 3.8) is 0 Å². The number of ether oxygens (including phenoxy) is 13. The molecule has 0 aromatic rings. The van der Waals surface area contributed by atoms with Crippen molar-refractivity contribution in [2.75, 3.05) is 172 Å². The Morgan fingerprint density at radius 1 is 0.196 bits per heavy atom. The zero-order chi connectivity index (χ0) is 33.1. The average Bonchev–Trinajstić information content (AvgIpc) is 3.07. The van der Waals surface area contributed by atoms with E-state index in [4.69, 9.17) is 61.6 Å². The maximum absolute atomic E-state index is 5.56. The molecule has 0 bridgehead atoms. The Hall–Kier alpha value is -0.520. The quantitative estimate of drug-likeness (QED) is 0.0883. The lowest BCUT2D eigenvalue weighted by molar-refractivity contribution is -0.0289. The van der Waals surface area contributed by atoms with E-state index in [9.17, 15) is 0 Å². The molecule has 0 aromatic heterocycles. The molecule has 0 fully saturated rings. The highest BCUT2D eigenvalue weighted by atomic mass is 16.6. The second-order valence-corrected chi connectivity index (χ2v) is 9.96. The number of unbranched alkanes of at least 4 members (excludes halogenated alkanes) is 4. The van der Waals surface area contributed by atoms with E-state index in [-0.39, 0.29) is 0 Å². The summed E-state index contributed by atoms with van der Waals surface area (Å²) < 4.78 is 70.9. The van der Waals surface area contributed by atoms with E-state index in [1.54, 1.807) is 0 Å². The first-order chi connectivity index (χ1) is 22.9. The molecule has 0 rings (SSSR count). The van der Waals surface area contributed by atoms with Gasteiger partial charge in [0.25, 0.3) is 0 Å². The van der Waals surface area contributed by atoms with Gasteiger partial charge >= 0.3 is 0 Å². The van der Waals surface area contributed by atoms with Gasteiger partial charge in [0, 0.05) is 13.2 Å². The van der Waals surface area contributed by atoms with Crippen LogP contribution in [0.3, 0.4) is 0 Å². The Bertz CT molecular complexity index is 476. The predicted molar refractivity (Wildman–Crippen MR) is 175 cm³/mol. The van der Waals surface area contributed by atoms with E-state index >= 15 is 0 Å². The molecule has 0 spiro atoms. The van der Waals surface area contributed by atoms with Crippen molar-refractivity contribution in [3.8, 4) is 0 Å². The van der Waals surface area contributed by atoms with Gasteiger partial charge in [-0.25, -0.2) is 0 Å². The van der Waals surface area contributed by atoms with Gasteiger partial charge in [-0.2, -0.15) is 0 Å². The molecule has 0 aromatic carbocycles. The molecule has 46 heavy (non-hydrogen) atoms. The summed E-state index contributed by atoms with van der Waals surface area (Å²) in [6.45, 7) is 18.8. The Labute approximate surface area is 279 Å². The summed E-state index contributed by atoms with van der Waals surface area (Å²) in [4.78, 5) is 0. The van der Waals surface area contributed by atoms with Crippen LogP contribution in [-0.4, -0.2) is 172 Å². The Morgan fingerprint density at radius 2 is 0.391 bits per heavy atom. The molecule has 0 radical (unpaired) electrons. The van der Waals surface area contributed by atoms with E-state index in [2.05, 4.69) is 6.92 Å². The molecule has 278 valence electrons. The predicted octanol–water partition coefficient (Wildman–Crippen LogP) is 3.19. The van der Waals surface area contributed by atoms with Gasteiger partial charge in [0.2, 0.25) is 0 Å². The van der Waals surface area contributed by atoms with Crippen LogP contribution in [0.25, 0.3) is 0 Å². The summed E-state index contributed by atoms with van der Waals surface area (Å²) in [6.07, 6.45) is 6.28. The van der Waals surface area contributed by atoms with Gasteiger partial charge in [-0.1, -0.05) is 32.6 Å². The monoisotopic (exact) mass is 672 g/mol. The molecule has 13 nitrogen and oxygen atoms in total. The first-order valence-corrected chi connectivity index (χ1v) is 17.4. The van der Waals surface area contributed by atoms with Crippen LogP contribution in [0.1, 0.15) is 46.0 Å². The number of rotatable bonds is 43. The second-order valence-electron chi connectivity index (χ2n) is 9.96. The van der Waals surface area contributed by atoms with Crippen LogP contribution in [0.5, 0.6) is 0 Å². The lowest BCUT2D eigenvalue weighted by Gasteiger charge is -2.09. The normalized spacial score (nSPS) is 11.6. The SMILES string of the molecule is CCCCCCCOCCOCCOCCOCCOCCOCCOCCOCCOCCOCCOCCOCCOCC. The van der Waals surface area contributed by atoms with Crippen molar-refractivity contribution in [2.24, 2.45) is 0 Å². The van der Waals surface area contributed by atoms with Crippen molar-refractivity contribution < 1.29 is 61.6 Å². The van der Waals surface area contributed by atoms with Crippen molar-refractivity contribution in [1.29, 1.82) is 0 Å². The summed E-state index contributed by atoms with van der Waals surface area (Å²) in [7, 11) is 0. The van der Waals surface area contributed by atoms with Gasteiger partial charge < -0.3 is 61.6 Å². The summed E-state index contributed by atoms with van der Waals surface area (Å²) in [5, 5.41) is 0. The fourth-order valence-electron chi connectivity index (χ4n) is 3.59. The van der Waals surface area contributed by atoms with Crippen LogP contribution in [-0.2, 0) is 61.6 Å². The molecule has 0 amide bonds. The van der Waals surface area contributed by atoms with Crippen molar-refractivity contribution in [2.45, 2.75) is 46.0 Å². The highest BCUT2D eigenvalue weighted by molar-refractivity contribution is 4.42. The Balaban J connectivity index is 3.03. The highest BCUT2D eigenvalue weighted by Crippen LogP contribution is 2.02. The summed E-state index contributed by atoms with van der Waals surface area (Å²) >= 11 is 0. The van der Waals surface area contributed by atoms with Crippen LogP contribution in [0.2, 0.25) is 0 Å². The summed E-state index contributed by atoms with van der Waals surface area (Å²) in [6, 6.07) is 0. The molecule has 0 saturated heterocycles. The van der Waals surface area contributed by atoms with Crippen molar-refractivity contribution in [1.82, 2.24) is 0 Å². The molecular weight excluding hydrogens is 604 g/mol. The fraction of sp³-hybridized carbons (Fsp3) is 1.00. The zero-order valence-electron chi connectivity index (χ0n) is 29.2. The minimum atomic E-state index is 0.517. The minimum absolute atomic E-state index is 0.517. The molecule has 0 aliphatic heterocycles. The average molecular weight is 673 g/mol. The second kappa shape index (κ2) is 44.5. The third-order valence-electron chi connectivity index (χ3n) is 6.06. The van der Waals surface area contributed by atoms with Gasteiger partial charge in [0.05, 0.1) is 159 Å². The van der Waals surface area contributed by atoms with Crippen LogP contribution >= 0.6 is 0 Å². The van der Waals surface area contributed by atoms with Crippen LogP contribution < -0.4 is 0 Å². The van der Waals surface area contributed by atoms with Gasteiger partial charge in [-0.15, -0.1) is 0 Å². The van der Waals surface area contributed by atoms with E-state index < -0.39 is 0 Å². The van der Waals surface area contributed by atoms with Crippen molar-refractivity contribution >= 4 is 0 Å². The standard InChI is InChI=1S/C33H68O13/c1-3-5-6-7-8-9-35-12-13-37-16-17-39-20-21-41-24-25-43-28-29-45-32-33-46-31-30-44-27-26-42-23-22-40-19-18-38-15-14-36-11-10-34-4-2/h3-33H2,1-2H3. The minimum Gasteiger partial charge on any atom is -0.379 e. The zero-order valence-corrected chi connectivity index (χ0v) is 29.2. The van der Waals surface area contributed by atoms with Gasteiger partial charge in [-0.3, -0.25) is 0 Å². The van der Waals surface area contributed by atoms with E-state index in [0.717, 1.165) is 13.0 Å². The largest absolute Gasteiger partial charge is 0.379 e. The summed E-state index contributed by atoms with van der Waals surface area (Å²) in [5.74, 6) is 0. The van der Waals surface area contributed by atoms with Gasteiger partial charge in [0.1, 0.15) is 0 Å². The Morgan fingerprint density at radius 3 is 0.609 bits per heavy atom. The molecule has 0 aliphatic rings. The molecular formula is C33H68O13. The molecule has 0 aliphatic carbocycles. The fourth-order valence-corrected chi connectivity index (χ4v) is 3.59. The molecule has 0 unspecified atom stereocenters. The van der Waals surface area contributed by atoms with E-state index in [1.807, 2.05) is 6.92 Å². The van der Waals surface area contributed by atoms with Crippen LogP contribution in [0.4, 0.5) is 0 Å². The van der Waals surface area contributed by atoms with Gasteiger partial charge in [0.15, 0.2) is 0 Å².